The molecular weight excluding hydrogens is 605 g/mol. The van der Waals surface area contributed by atoms with Crippen molar-refractivity contribution in [3.8, 4) is 17.0 Å². The summed E-state index contributed by atoms with van der Waals surface area (Å²) in [6.45, 7) is 12.5. The number of aliphatic carboxylic acids is 1. The molecule has 4 heterocycles. The molecule has 1 fully saturated rings. The van der Waals surface area contributed by atoms with Gasteiger partial charge in [0, 0.05) is 53.8 Å². The van der Waals surface area contributed by atoms with Crippen LogP contribution in [0, 0.1) is 19.7 Å². The first-order valence-electron chi connectivity index (χ1n) is 15.9. The second-order valence-corrected chi connectivity index (χ2v) is 13.0. The lowest BCUT2D eigenvalue weighted by Gasteiger charge is -2.29. The van der Waals surface area contributed by atoms with Crippen molar-refractivity contribution < 1.29 is 33.3 Å². The van der Waals surface area contributed by atoms with E-state index in [9.17, 15) is 14.7 Å². The fourth-order valence-corrected chi connectivity index (χ4v) is 6.26. The van der Waals surface area contributed by atoms with Gasteiger partial charge in [0.2, 0.25) is 0 Å². The van der Waals surface area contributed by atoms with E-state index in [-0.39, 0.29) is 23.6 Å². The second kappa shape index (κ2) is 12.9. The number of morpholine rings is 1. The minimum Gasteiger partial charge on any atom is -0.490 e. The molecule has 1 unspecified atom stereocenters. The molecule has 11 nitrogen and oxygen atoms in total. The maximum atomic E-state index is 15.6. The summed E-state index contributed by atoms with van der Waals surface area (Å²) in [4.78, 5) is 33.1. The van der Waals surface area contributed by atoms with E-state index in [0.717, 1.165) is 36.3 Å². The zero-order valence-corrected chi connectivity index (χ0v) is 27.4. The summed E-state index contributed by atoms with van der Waals surface area (Å²) in [6, 6.07) is 10.9. The number of carbonyl (C=O) groups is 2. The first kappa shape index (κ1) is 32.4. The van der Waals surface area contributed by atoms with Gasteiger partial charge in [0.1, 0.15) is 0 Å². The normalized spacial score (nSPS) is 15.7. The molecule has 248 valence electrons. The molecule has 0 bridgehead atoms. The van der Waals surface area contributed by atoms with Gasteiger partial charge in [-0.3, -0.25) is 4.79 Å². The third-order valence-corrected chi connectivity index (χ3v) is 8.45. The van der Waals surface area contributed by atoms with Crippen molar-refractivity contribution in [1.82, 2.24) is 19.9 Å². The molecule has 2 N–H and O–H groups in total. The summed E-state index contributed by atoms with van der Waals surface area (Å²) in [5, 5.41) is 18.0. The molecule has 0 radical (unpaired) electrons. The summed E-state index contributed by atoms with van der Waals surface area (Å²) >= 11 is 0. The van der Waals surface area contributed by atoms with Crippen molar-refractivity contribution in [2.45, 2.75) is 65.7 Å². The maximum absolute atomic E-state index is 15.6. The van der Waals surface area contributed by atoms with E-state index in [2.05, 4.69) is 20.3 Å². The Balaban J connectivity index is 1.42. The number of ether oxygens (including phenoxy) is 3. The molecule has 2 aromatic heterocycles. The fourth-order valence-electron chi connectivity index (χ4n) is 6.26. The van der Waals surface area contributed by atoms with E-state index < -0.39 is 29.4 Å². The number of benzene rings is 2. The predicted molar refractivity (Wildman–Crippen MR) is 174 cm³/mol. The van der Waals surface area contributed by atoms with E-state index in [1.54, 1.807) is 33.8 Å². The van der Waals surface area contributed by atoms with E-state index in [4.69, 9.17) is 14.2 Å². The average molecular weight is 646 g/mol. The van der Waals surface area contributed by atoms with Crippen LogP contribution in [0.4, 0.5) is 10.1 Å². The van der Waals surface area contributed by atoms with Gasteiger partial charge in [-0.1, -0.05) is 12.1 Å². The van der Waals surface area contributed by atoms with Crippen molar-refractivity contribution in [2.75, 3.05) is 37.8 Å². The molecule has 1 atom stereocenters. The first-order chi connectivity index (χ1) is 22.4. The summed E-state index contributed by atoms with van der Waals surface area (Å²) in [7, 11) is 0. The highest BCUT2D eigenvalue weighted by Crippen LogP contribution is 2.41. The molecule has 2 aromatic carbocycles. The highest BCUT2D eigenvalue weighted by molar-refractivity contribution is 5.93. The summed E-state index contributed by atoms with van der Waals surface area (Å²) in [5.74, 6) is -2.00. The summed E-state index contributed by atoms with van der Waals surface area (Å²) < 4.78 is 34.2. The van der Waals surface area contributed by atoms with E-state index >= 15 is 4.39 Å². The number of aryl methyl sites for hydroxylation is 1. The third kappa shape index (κ3) is 6.66. The van der Waals surface area contributed by atoms with Crippen LogP contribution in [0.1, 0.15) is 71.7 Å². The molecule has 1 amide bonds. The number of nitrogens with zero attached hydrogens (tertiary/aromatic N) is 4. The van der Waals surface area contributed by atoms with Crippen LogP contribution in [0.3, 0.4) is 0 Å². The lowest BCUT2D eigenvalue weighted by atomic mass is 9.91. The standard InChI is InChI=1S/C35H40FN5O6/c1-20-24-10-7-13-46-31(24)26(36)17-25(20)30-29(32(34(43)44)47-35(3,4)5)21(2)38-28-18-27(39-41(28)30)33(42)37-19-22-8-6-9-23(16-22)40-11-14-45-15-12-40/h6,8-9,16-18,32H,7,10-15,19H2,1-5H3,(H,37,42)(H,43,44). The van der Waals surface area contributed by atoms with E-state index in [1.165, 1.54) is 10.6 Å². The van der Waals surface area contributed by atoms with Gasteiger partial charge >= 0.3 is 5.97 Å². The van der Waals surface area contributed by atoms with Gasteiger partial charge in [0.25, 0.3) is 5.91 Å². The van der Waals surface area contributed by atoms with Gasteiger partial charge in [-0.2, -0.15) is 5.10 Å². The number of amides is 1. The Morgan fingerprint density at radius 3 is 2.62 bits per heavy atom. The van der Waals surface area contributed by atoms with Gasteiger partial charge in [-0.15, -0.1) is 0 Å². The first-order valence-corrected chi connectivity index (χ1v) is 15.9. The number of carboxylic acid groups (broad SMARTS) is 1. The van der Waals surface area contributed by atoms with Gasteiger partial charge in [-0.25, -0.2) is 18.7 Å². The molecule has 4 aromatic rings. The minimum atomic E-state index is -1.45. The largest absolute Gasteiger partial charge is 0.490 e. The molecule has 2 aliphatic rings. The number of carbonyl (C=O) groups excluding carboxylic acids is 1. The molecule has 47 heavy (non-hydrogen) atoms. The second-order valence-electron chi connectivity index (χ2n) is 13.0. The quantitative estimate of drug-likeness (QED) is 0.266. The monoisotopic (exact) mass is 645 g/mol. The highest BCUT2D eigenvalue weighted by Gasteiger charge is 2.35. The SMILES string of the molecule is Cc1nc2cc(C(=O)NCc3cccc(N4CCOCC4)c3)nn2c(-c2cc(F)c3c(c2C)CCCO3)c1C(OC(C)(C)C)C(=O)O. The van der Waals surface area contributed by atoms with Gasteiger partial charge < -0.3 is 29.5 Å². The van der Waals surface area contributed by atoms with Crippen LogP contribution in [0.25, 0.3) is 16.9 Å². The Labute approximate surface area is 272 Å². The molecule has 2 aliphatic heterocycles. The molecular formula is C35H40FN5O6. The predicted octanol–water partition coefficient (Wildman–Crippen LogP) is 5.18. The summed E-state index contributed by atoms with van der Waals surface area (Å²) in [6.07, 6.45) is -0.118. The number of hydrogen-bond acceptors (Lipinski definition) is 8. The van der Waals surface area contributed by atoms with Gasteiger partial charge in [0.15, 0.2) is 29.0 Å². The van der Waals surface area contributed by atoms with E-state index in [0.29, 0.717) is 54.4 Å². The van der Waals surface area contributed by atoms with Gasteiger partial charge in [0.05, 0.1) is 31.1 Å². The van der Waals surface area contributed by atoms with Crippen LogP contribution in [0.5, 0.6) is 5.75 Å². The number of halogens is 1. The van der Waals surface area contributed by atoms with Crippen LogP contribution in [0.15, 0.2) is 36.4 Å². The minimum absolute atomic E-state index is 0.0858. The number of hydrogen-bond donors (Lipinski definition) is 2. The van der Waals surface area contributed by atoms with Crippen molar-refractivity contribution in [3.05, 3.63) is 75.9 Å². The van der Waals surface area contributed by atoms with Crippen molar-refractivity contribution in [1.29, 1.82) is 0 Å². The number of nitrogens with one attached hydrogen (secondary N) is 1. The summed E-state index contributed by atoms with van der Waals surface area (Å²) in [5.41, 5.74) is 4.32. The molecule has 0 saturated carbocycles. The molecule has 6 rings (SSSR count). The Kier molecular flexibility index (Phi) is 8.91. The number of fused-ring (bicyclic) bond motifs is 2. The number of rotatable bonds is 8. The maximum Gasteiger partial charge on any atom is 0.337 e. The fraction of sp³-hybridized carbons (Fsp3) is 0.429. The smallest absolute Gasteiger partial charge is 0.337 e. The van der Waals surface area contributed by atoms with Crippen molar-refractivity contribution in [2.24, 2.45) is 0 Å². The van der Waals surface area contributed by atoms with Crippen LogP contribution >= 0.6 is 0 Å². The zero-order valence-electron chi connectivity index (χ0n) is 27.4. The third-order valence-electron chi connectivity index (χ3n) is 8.45. The van der Waals surface area contributed by atoms with Crippen LogP contribution in [0.2, 0.25) is 0 Å². The molecule has 0 spiro atoms. The van der Waals surface area contributed by atoms with Crippen molar-refractivity contribution >= 4 is 23.2 Å². The van der Waals surface area contributed by atoms with Gasteiger partial charge in [-0.05, 0) is 76.8 Å². The lowest BCUT2D eigenvalue weighted by Crippen LogP contribution is -2.36. The Hall–Kier alpha value is -4.55. The topological polar surface area (TPSA) is 128 Å². The number of carboxylic acids is 1. The molecule has 0 aliphatic carbocycles. The van der Waals surface area contributed by atoms with Crippen LogP contribution in [-0.2, 0) is 27.2 Å². The van der Waals surface area contributed by atoms with Crippen LogP contribution in [-0.4, -0.2) is 70.1 Å². The Morgan fingerprint density at radius 2 is 1.89 bits per heavy atom. The van der Waals surface area contributed by atoms with Crippen molar-refractivity contribution in [3.63, 3.8) is 0 Å². The Bertz CT molecular complexity index is 1840. The Morgan fingerprint density at radius 1 is 1.13 bits per heavy atom. The molecule has 12 heteroatoms. The lowest BCUT2D eigenvalue weighted by molar-refractivity contribution is -0.160. The zero-order chi connectivity index (χ0) is 33.5. The average Bonchev–Trinajstić information content (AvgIpc) is 3.47. The number of anilines is 1. The molecule has 1 saturated heterocycles. The number of aromatic nitrogens is 3. The van der Waals surface area contributed by atoms with E-state index in [1.807, 2.05) is 31.2 Å². The highest BCUT2D eigenvalue weighted by atomic mass is 19.1. The van der Waals surface area contributed by atoms with Crippen LogP contribution < -0.4 is 15.0 Å².